The minimum atomic E-state index is 0.821. The van der Waals surface area contributed by atoms with Crippen LogP contribution >= 0.6 is 0 Å². The summed E-state index contributed by atoms with van der Waals surface area (Å²) >= 11 is 0. The standard InChI is InChI=1S/C18H14N4/c1-2-6-14(7-3-1)20-11-18-17-10-19-12-21(17)15-8-4-5-9-16(15)22(18)13-20/h1-12H,13H2. The third kappa shape index (κ3) is 1.49. The molecule has 2 aliphatic rings. The quantitative estimate of drug-likeness (QED) is 0.684. The summed E-state index contributed by atoms with van der Waals surface area (Å²) in [6.07, 6.45) is 6.03. The van der Waals surface area contributed by atoms with Crippen LogP contribution in [0.5, 0.6) is 0 Å². The normalized spacial score (nSPS) is 15.2. The van der Waals surface area contributed by atoms with E-state index >= 15 is 0 Å². The second-order valence-electron chi connectivity index (χ2n) is 5.53. The van der Waals surface area contributed by atoms with Gasteiger partial charge in [-0.3, -0.25) is 4.57 Å². The van der Waals surface area contributed by atoms with Crippen LogP contribution in [0.4, 0.5) is 11.4 Å². The zero-order chi connectivity index (χ0) is 14.5. The van der Waals surface area contributed by atoms with Crippen molar-refractivity contribution in [3.05, 3.63) is 79.0 Å². The van der Waals surface area contributed by atoms with Gasteiger partial charge in [0.25, 0.3) is 0 Å². The second-order valence-corrected chi connectivity index (χ2v) is 5.53. The molecule has 0 spiro atoms. The number of nitrogens with zero attached hydrogens (tertiary/aromatic N) is 4. The predicted molar refractivity (Wildman–Crippen MR) is 87.8 cm³/mol. The number of para-hydroxylation sites is 3. The molecule has 0 unspecified atom stereocenters. The minimum absolute atomic E-state index is 0.821. The molecular weight excluding hydrogens is 272 g/mol. The molecule has 0 saturated heterocycles. The average molecular weight is 286 g/mol. The number of imidazole rings is 1. The summed E-state index contributed by atoms with van der Waals surface area (Å²) in [4.78, 5) is 8.96. The van der Waals surface area contributed by atoms with Crippen LogP contribution in [0.1, 0.15) is 5.69 Å². The highest BCUT2D eigenvalue weighted by Gasteiger charge is 2.32. The molecule has 3 aromatic rings. The molecule has 0 radical (unpaired) electrons. The second kappa shape index (κ2) is 4.24. The molecule has 3 heterocycles. The summed E-state index contributed by atoms with van der Waals surface area (Å²) in [5, 5.41) is 0. The van der Waals surface area contributed by atoms with Gasteiger partial charge in [-0.05, 0) is 24.3 Å². The molecule has 0 fully saturated rings. The number of fused-ring (bicyclic) bond motifs is 6. The fourth-order valence-corrected chi connectivity index (χ4v) is 3.25. The topological polar surface area (TPSA) is 24.3 Å². The van der Waals surface area contributed by atoms with Crippen LogP contribution in [0.3, 0.4) is 0 Å². The van der Waals surface area contributed by atoms with Gasteiger partial charge in [-0.2, -0.15) is 0 Å². The molecule has 4 heteroatoms. The summed E-state index contributed by atoms with van der Waals surface area (Å²) < 4.78 is 2.16. The van der Waals surface area contributed by atoms with Crippen molar-refractivity contribution >= 4 is 17.1 Å². The van der Waals surface area contributed by atoms with Crippen molar-refractivity contribution in [2.45, 2.75) is 0 Å². The number of anilines is 2. The van der Waals surface area contributed by atoms with Crippen molar-refractivity contribution in [2.75, 3.05) is 16.5 Å². The summed E-state index contributed by atoms with van der Waals surface area (Å²) in [7, 11) is 0. The smallest absolute Gasteiger partial charge is 0.0998 e. The van der Waals surface area contributed by atoms with Crippen LogP contribution in [0.15, 0.2) is 73.3 Å². The highest BCUT2D eigenvalue weighted by Crippen LogP contribution is 2.41. The van der Waals surface area contributed by atoms with Crippen LogP contribution in [0.2, 0.25) is 0 Å². The van der Waals surface area contributed by atoms with Crippen LogP contribution in [-0.2, 0) is 0 Å². The van der Waals surface area contributed by atoms with E-state index in [0.29, 0.717) is 0 Å². The molecule has 0 saturated carbocycles. The molecular formula is C18H14N4. The highest BCUT2D eigenvalue weighted by atomic mass is 15.4. The molecule has 0 atom stereocenters. The molecule has 22 heavy (non-hydrogen) atoms. The van der Waals surface area contributed by atoms with E-state index in [-0.39, 0.29) is 0 Å². The van der Waals surface area contributed by atoms with Crippen LogP contribution < -0.4 is 9.80 Å². The van der Waals surface area contributed by atoms with Gasteiger partial charge in [-0.15, -0.1) is 0 Å². The van der Waals surface area contributed by atoms with E-state index < -0.39 is 0 Å². The lowest BCUT2D eigenvalue weighted by atomic mass is 10.1. The summed E-state index contributed by atoms with van der Waals surface area (Å²) in [6, 6.07) is 18.9. The monoisotopic (exact) mass is 286 g/mol. The zero-order valence-corrected chi connectivity index (χ0v) is 11.9. The first-order valence-corrected chi connectivity index (χ1v) is 7.35. The molecule has 2 aliphatic heterocycles. The average Bonchev–Trinajstić information content (AvgIpc) is 3.23. The van der Waals surface area contributed by atoms with Gasteiger partial charge in [0.2, 0.25) is 0 Å². The first-order chi connectivity index (χ1) is 10.9. The van der Waals surface area contributed by atoms with E-state index in [2.05, 4.69) is 74.1 Å². The van der Waals surface area contributed by atoms with Gasteiger partial charge in [0, 0.05) is 11.9 Å². The van der Waals surface area contributed by atoms with Gasteiger partial charge in [0.1, 0.15) is 0 Å². The number of rotatable bonds is 1. The maximum atomic E-state index is 4.34. The van der Waals surface area contributed by atoms with Gasteiger partial charge >= 0.3 is 0 Å². The number of benzene rings is 2. The Hall–Kier alpha value is -3.01. The number of aromatic nitrogens is 2. The molecule has 4 nitrogen and oxygen atoms in total. The molecule has 5 rings (SSSR count). The predicted octanol–water partition coefficient (Wildman–Crippen LogP) is 3.47. The maximum absolute atomic E-state index is 4.34. The van der Waals surface area contributed by atoms with Gasteiger partial charge in [0.15, 0.2) is 0 Å². The number of hydrogen-bond acceptors (Lipinski definition) is 3. The summed E-state index contributed by atoms with van der Waals surface area (Å²) in [5.41, 5.74) is 5.94. The Morgan fingerprint density at radius 1 is 0.864 bits per heavy atom. The van der Waals surface area contributed by atoms with E-state index in [0.717, 1.165) is 12.4 Å². The lowest BCUT2D eigenvalue weighted by molar-refractivity contribution is 0.927. The Bertz CT molecular complexity index is 879. The first-order valence-electron chi connectivity index (χ1n) is 7.35. The van der Waals surface area contributed by atoms with Gasteiger partial charge < -0.3 is 9.80 Å². The van der Waals surface area contributed by atoms with Crippen LogP contribution in [0, 0.1) is 0 Å². The van der Waals surface area contributed by atoms with E-state index in [1.54, 1.807) is 0 Å². The van der Waals surface area contributed by atoms with Crippen molar-refractivity contribution in [1.82, 2.24) is 9.55 Å². The molecule has 1 aromatic heterocycles. The summed E-state index contributed by atoms with van der Waals surface area (Å²) in [5.74, 6) is 0. The Morgan fingerprint density at radius 3 is 2.50 bits per heavy atom. The van der Waals surface area contributed by atoms with Gasteiger partial charge in [-0.25, -0.2) is 4.98 Å². The van der Waals surface area contributed by atoms with Crippen molar-refractivity contribution in [1.29, 1.82) is 0 Å². The Kier molecular flexibility index (Phi) is 2.24. The molecule has 0 aliphatic carbocycles. The molecule has 106 valence electrons. The van der Waals surface area contributed by atoms with Crippen LogP contribution in [-0.4, -0.2) is 16.2 Å². The van der Waals surface area contributed by atoms with Gasteiger partial charge in [0.05, 0.1) is 42.0 Å². The van der Waals surface area contributed by atoms with E-state index in [1.807, 2.05) is 18.6 Å². The van der Waals surface area contributed by atoms with E-state index in [1.165, 1.54) is 22.8 Å². The lowest BCUT2D eigenvalue weighted by Gasteiger charge is -2.30. The Labute approximate surface area is 128 Å². The molecule has 0 bridgehead atoms. The van der Waals surface area contributed by atoms with Crippen LogP contribution in [0.25, 0.3) is 11.4 Å². The minimum Gasteiger partial charge on any atom is -0.327 e. The Morgan fingerprint density at radius 2 is 1.64 bits per heavy atom. The highest BCUT2D eigenvalue weighted by molar-refractivity contribution is 5.90. The zero-order valence-electron chi connectivity index (χ0n) is 11.9. The molecule has 2 aromatic carbocycles. The third-order valence-electron chi connectivity index (χ3n) is 4.28. The largest absolute Gasteiger partial charge is 0.327 e. The van der Waals surface area contributed by atoms with E-state index in [9.17, 15) is 0 Å². The maximum Gasteiger partial charge on any atom is 0.0998 e. The molecule has 0 N–H and O–H groups in total. The van der Waals surface area contributed by atoms with Crippen molar-refractivity contribution < 1.29 is 0 Å². The Balaban J connectivity index is 1.69. The first kappa shape index (κ1) is 11.6. The third-order valence-corrected chi connectivity index (χ3v) is 4.28. The lowest BCUT2D eigenvalue weighted by Crippen LogP contribution is -2.29. The van der Waals surface area contributed by atoms with Crippen molar-refractivity contribution in [3.63, 3.8) is 0 Å². The van der Waals surface area contributed by atoms with Gasteiger partial charge in [-0.1, -0.05) is 30.3 Å². The van der Waals surface area contributed by atoms with Crippen molar-refractivity contribution in [3.8, 4) is 5.69 Å². The number of hydrogen-bond donors (Lipinski definition) is 0. The fourth-order valence-electron chi connectivity index (χ4n) is 3.25. The SMILES string of the molecule is C1=C2c3cncn3-c3ccccc3N2CN1c1ccccc1. The van der Waals surface area contributed by atoms with Crippen molar-refractivity contribution in [2.24, 2.45) is 0 Å². The summed E-state index contributed by atoms with van der Waals surface area (Å²) in [6.45, 7) is 0.821. The van der Waals surface area contributed by atoms with E-state index in [4.69, 9.17) is 0 Å². The fraction of sp³-hybridized carbons (Fsp3) is 0.0556. The molecule has 0 amide bonds.